The van der Waals surface area contributed by atoms with Crippen LogP contribution in [0.2, 0.25) is 0 Å². The van der Waals surface area contributed by atoms with E-state index in [2.05, 4.69) is 90.9 Å². The number of hydrogen-bond acceptors (Lipinski definition) is 5. The lowest BCUT2D eigenvalue weighted by Crippen LogP contribution is -2.45. The fourth-order valence-corrected chi connectivity index (χ4v) is 6.11. The van der Waals surface area contributed by atoms with E-state index in [1.54, 1.807) is 0 Å². The van der Waals surface area contributed by atoms with Crippen LogP contribution in [0.25, 0.3) is 0 Å². The molecule has 0 spiro atoms. The largest absolute Gasteiger partial charge is 0.384 e. The van der Waals surface area contributed by atoms with Crippen LogP contribution >= 0.6 is 0 Å². The van der Waals surface area contributed by atoms with Gasteiger partial charge in [-0.25, -0.2) is 0 Å². The molecule has 3 aromatic carbocycles. The number of nitrogens with one attached hydrogen (secondary N) is 2. The number of nitrogens with two attached hydrogens (primary N) is 1. The number of aryl methyl sites for hydroxylation is 3. The number of anilines is 1. The number of fused-ring (bicyclic) bond motifs is 1. The summed E-state index contributed by atoms with van der Waals surface area (Å²) in [7, 11) is 0. The first-order chi connectivity index (χ1) is 18.9. The van der Waals surface area contributed by atoms with Crippen LogP contribution in [0.4, 0.5) is 5.69 Å². The molecule has 0 aromatic heterocycles. The molecule has 0 radical (unpaired) electrons. The monoisotopic (exact) mass is 526 g/mol. The third-order valence-electron chi connectivity index (χ3n) is 8.09. The minimum Gasteiger partial charge on any atom is -0.384 e. The summed E-state index contributed by atoms with van der Waals surface area (Å²) in [6.45, 7) is 11.4. The maximum Gasteiger partial charge on any atom is 0.237 e. The lowest BCUT2D eigenvalue weighted by atomic mass is 9.90. The van der Waals surface area contributed by atoms with Crippen LogP contribution in [0.1, 0.15) is 57.0 Å². The van der Waals surface area contributed by atoms with E-state index in [1.807, 2.05) is 0 Å². The second-order valence-electron chi connectivity index (χ2n) is 11.2. The van der Waals surface area contributed by atoms with Gasteiger partial charge in [-0.05, 0) is 79.0 Å². The molecule has 2 heterocycles. The van der Waals surface area contributed by atoms with Gasteiger partial charge in [0.05, 0.1) is 25.3 Å². The van der Waals surface area contributed by atoms with Crippen molar-refractivity contribution in [3.63, 3.8) is 0 Å². The number of benzene rings is 3. The molecule has 6 heteroatoms. The van der Waals surface area contributed by atoms with Crippen LogP contribution < -0.4 is 16.4 Å². The first kappa shape index (κ1) is 27.4. The number of carbonyl (C=O) groups is 1. The van der Waals surface area contributed by atoms with E-state index in [0.717, 1.165) is 57.9 Å². The fourth-order valence-electron chi connectivity index (χ4n) is 6.11. The number of nitrogens with zero attached hydrogens (tertiary/aromatic N) is 1. The van der Waals surface area contributed by atoms with Gasteiger partial charge < -0.3 is 21.1 Å². The van der Waals surface area contributed by atoms with Crippen molar-refractivity contribution >= 4 is 11.6 Å². The zero-order valence-corrected chi connectivity index (χ0v) is 23.6. The Bertz CT molecular complexity index is 1280. The van der Waals surface area contributed by atoms with E-state index >= 15 is 0 Å². The summed E-state index contributed by atoms with van der Waals surface area (Å²) in [6, 6.07) is 18.9. The van der Waals surface area contributed by atoms with Gasteiger partial charge in [0.2, 0.25) is 5.91 Å². The van der Waals surface area contributed by atoms with Crippen molar-refractivity contribution in [3.8, 4) is 0 Å². The summed E-state index contributed by atoms with van der Waals surface area (Å²) in [5, 5.41) is 6.99. The summed E-state index contributed by atoms with van der Waals surface area (Å²) < 4.78 is 5.58. The van der Waals surface area contributed by atoms with Crippen LogP contribution in [0, 0.1) is 20.8 Å². The smallest absolute Gasteiger partial charge is 0.237 e. The predicted molar refractivity (Wildman–Crippen MR) is 158 cm³/mol. The maximum atomic E-state index is 13.4. The molecule has 2 atom stereocenters. The molecule has 206 valence electrons. The summed E-state index contributed by atoms with van der Waals surface area (Å²) >= 11 is 0. The Morgan fingerprint density at radius 3 is 2.49 bits per heavy atom. The quantitative estimate of drug-likeness (QED) is 0.401. The van der Waals surface area contributed by atoms with Crippen molar-refractivity contribution in [2.24, 2.45) is 5.73 Å². The van der Waals surface area contributed by atoms with Crippen molar-refractivity contribution in [2.45, 2.75) is 58.7 Å². The normalized spacial score (nSPS) is 18.2. The minimum atomic E-state index is -0.594. The summed E-state index contributed by atoms with van der Waals surface area (Å²) in [4.78, 5) is 15.9. The van der Waals surface area contributed by atoms with Gasteiger partial charge in [0.1, 0.15) is 0 Å². The highest BCUT2D eigenvalue weighted by molar-refractivity contribution is 5.83. The fraction of sp³-hybridized carbons (Fsp3) is 0.424. The highest BCUT2D eigenvalue weighted by Crippen LogP contribution is 2.35. The van der Waals surface area contributed by atoms with E-state index < -0.39 is 6.04 Å². The average Bonchev–Trinajstić information content (AvgIpc) is 2.92. The lowest BCUT2D eigenvalue weighted by molar-refractivity contribution is -0.123. The molecule has 0 bridgehead atoms. The Kier molecular flexibility index (Phi) is 8.66. The summed E-state index contributed by atoms with van der Waals surface area (Å²) in [6.07, 6.45) is 2.23. The van der Waals surface area contributed by atoms with Crippen LogP contribution in [-0.4, -0.2) is 49.7 Å². The van der Waals surface area contributed by atoms with E-state index in [0.29, 0.717) is 6.42 Å². The molecular weight excluding hydrogens is 484 g/mol. The van der Waals surface area contributed by atoms with Gasteiger partial charge in [0, 0.05) is 31.9 Å². The van der Waals surface area contributed by atoms with Crippen LogP contribution in [0.5, 0.6) is 0 Å². The van der Waals surface area contributed by atoms with E-state index in [9.17, 15) is 4.79 Å². The molecule has 3 aromatic rings. The predicted octanol–water partition coefficient (Wildman–Crippen LogP) is 4.58. The molecule has 5 rings (SSSR count). The zero-order valence-electron chi connectivity index (χ0n) is 23.6. The number of hydrogen-bond donors (Lipinski definition) is 3. The standard InChI is InChI=1S/C33H42N4O2/c1-22-15-23(2)28(24(3)16-22)20-30(34)33(38)36-31-9-10-35-32-27(21-37-11-13-39-14-12-37)18-26(19-29(31)32)17-25-7-5-4-6-8-25/h4-8,15-16,18-19,30-31,35H,9-14,17,20-21,34H2,1-3H3,(H,36,38)/t30-,31+/m0/s1. The summed E-state index contributed by atoms with van der Waals surface area (Å²) in [5.41, 5.74) is 17.5. The third kappa shape index (κ3) is 6.70. The van der Waals surface area contributed by atoms with Gasteiger partial charge in [-0.3, -0.25) is 9.69 Å². The number of ether oxygens (including phenoxy) is 1. The van der Waals surface area contributed by atoms with Crippen molar-refractivity contribution in [1.29, 1.82) is 0 Å². The molecule has 0 unspecified atom stereocenters. The Morgan fingerprint density at radius 2 is 1.77 bits per heavy atom. The van der Waals surface area contributed by atoms with Gasteiger partial charge in [0.25, 0.3) is 0 Å². The van der Waals surface area contributed by atoms with Gasteiger partial charge in [-0.1, -0.05) is 60.2 Å². The molecule has 2 aliphatic rings. The molecule has 0 aliphatic carbocycles. The molecule has 1 fully saturated rings. The Labute approximate surface area is 232 Å². The number of rotatable bonds is 8. The third-order valence-corrected chi connectivity index (χ3v) is 8.09. The van der Waals surface area contributed by atoms with Crippen molar-refractivity contribution in [1.82, 2.24) is 10.2 Å². The van der Waals surface area contributed by atoms with Gasteiger partial charge in [-0.15, -0.1) is 0 Å². The topological polar surface area (TPSA) is 79.6 Å². The zero-order chi connectivity index (χ0) is 27.4. The van der Waals surface area contributed by atoms with Crippen molar-refractivity contribution < 1.29 is 9.53 Å². The molecule has 6 nitrogen and oxygen atoms in total. The Morgan fingerprint density at radius 1 is 1.05 bits per heavy atom. The lowest BCUT2D eigenvalue weighted by Gasteiger charge is -2.33. The highest BCUT2D eigenvalue weighted by atomic mass is 16.5. The molecule has 0 saturated carbocycles. The molecule has 4 N–H and O–H groups in total. The second kappa shape index (κ2) is 12.3. The second-order valence-corrected chi connectivity index (χ2v) is 11.2. The maximum absolute atomic E-state index is 13.4. The average molecular weight is 527 g/mol. The molecule has 1 saturated heterocycles. The van der Waals surface area contributed by atoms with Gasteiger partial charge in [0.15, 0.2) is 0 Å². The van der Waals surface area contributed by atoms with Crippen molar-refractivity contribution in [2.75, 3.05) is 38.2 Å². The highest BCUT2D eigenvalue weighted by Gasteiger charge is 2.27. The van der Waals surface area contributed by atoms with E-state index in [1.165, 1.54) is 44.5 Å². The molecule has 39 heavy (non-hydrogen) atoms. The van der Waals surface area contributed by atoms with Crippen LogP contribution in [-0.2, 0) is 28.9 Å². The van der Waals surface area contributed by atoms with E-state index in [4.69, 9.17) is 10.5 Å². The van der Waals surface area contributed by atoms with Gasteiger partial charge in [-0.2, -0.15) is 0 Å². The van der Waals surface area contributed by atoms with Crippen LogP contribution in [0.15, 0.2) is 54.6 Å². The number of amides is 1. The summed E-state index contributed by atoms with van der Waals surface area (Å²) in [5.74, 6) is -0.0876. The minimum absolute atomic E-state index is 0.0702. The van der Waals surface area contributed by atoms with Crippen molar-refractivity contribution in [3.05, 3.63) is 99.1 Å². The van der Waals surface area contributed by atoms with E-state index in [-0.39, 0.29) is 11.9 Å². The number of carbonyl (C=O) groups excluding carboxylic acids is 1. The number of morpholine rings is 1. The molecule has 2 aliphatic heterocycles. The first-order valence-electron chi connectivity index (χ1n) is 14.2. The SMILES string of the molecule is Cc1cc(C)c(C[C@H](N)C(=O)N[C@@H]2CCNc3c(CN4CCOCC4)cc(Cc4ccccc4)cc32)c(C)c1. The Balaban J connectivity index is 1.39. The Hall–Kier alpha value is -3.19. The van der Waals surface area contributed by atoms with Gasteiger partial charge >= 0.3 is 0 Å². The molecular formula is C33H42N4O2. The van der Waals surface area contributed by atoms with Crippen LogP contribution in [0.3, 0.4) is 0 Å². The first-order valence-corrected chi connectivity index (χ1v) is 14.2. The molecule has 1 amide bonds.